The molecule has 4 aromatic carbocycles. The van der Waals surface area contributed by atoms with Crippen LogP contribution in [0.15, 0.2) is 128 Å². The summed E-state index contributed by atoms with van der Waals surface area (Å²) in [6.45, 7) is 2.23. The van der Waals surface area contributed by atoms with Gasteiger partial charge in [-0.2, -0.15) is 0 Å². The number of ketones is 1. The van der Waals surface area contributed by atoms with E-state index in [9.17, 15) is 69.1 Å². The lowest BCUT2D eigenvalue weighted by atomic mass is 9.78. The molecule has 6 fully saturated rings. The van der Waals surface area contributed by atoms with Crippen LogP contribution in [0, 0.1) is 29.4 Å². The van der Waals surface area contributed by atoms with Gasteiger partial charge in [0.15, 0.2) is 31.1 Å². The normalized spacial score (nSPS) is 32.7. The zero-order chi connectivity index (χ0) is 76.7. The lowest BCUT2D eigenvalue weighted by Gasteiger charge is -2.48. The van der Waals surface area contributed by atoms with Crippen molar-refractivity contribution < 1.29 is 112 Å². The van der Waals surface area contributed by atoms with Crippen LogP contribution in [0.2, 0.25) is 0 Å². The third kappa shape index (κ3) is 18.0. The molecule has 1 amide bonds. The first-order chi connectivity index (χ1) is 52.6. The van der Waals surface area contributed by atoms with Gasteiger partial charge in [0.2, 0.25) is 5.91 Å². The molecule has 6 aliphatic rings. The molecule has 3 aliphatic carbocycles. The van der Waals surface area contributed by atoms with E-state index in [4.69, 9.17) is 37.9 Å². The van der Waals surface area contributed by atoms with Crippen LogP contribution in [-0.4, -0.2) is 244 Å². The average Bonchev–Trinajstić information content (AvgIpc) is 1.38. The number of carboxylic acid groups (broad SMARTS) is 1. The minimum atomic E-state index is -1.89. The Balaban J connectivity index is 0.778. The molecule has 10 N–H and O–H groups in total. The van der Waals surface area contributed by atoms with Gasteiger partial charge in [-0.3, -0.25) is 9.59 Å². The van der Waals surface area contributed by atoms with E-state index in [1.807, 2.05) is 6.07 Å². The predicted molar refractivity (Wildman–Crippen MR) is 375 cm³/mol. The molecule has 10 unspecified atom stereocenters. The summed E-state index contributed by atoms with van der Waals surface area (Å²) in [5.74, 6) is -6.32. The third-order valence-electron chi connectivity index (χ3n) is 21.9. The molecule has 7 aromatic rings. The molecule has 3 aliphatic heterocycles. The highest BCUT2D eigenvalue weighted by Gasteiger charge is 2.56. The number of aliphatic hydroxyl groups is 8. The first-order valence-corrected chi connectivity index (χ1v) is 37.2. The van der Waals surface area contributed by atoms with Gasteiger partial charge >= 0.3 is 11.9 Å². The summed E-state index contributed by atoms with van der Waals surface area (Å²) in [6, 6.07) is 24.6. The number of halogens is 2. The molecule has 3 saturated carbocycles. The second-order valence-electron chi connectivity index (χ2n) is 29.1. The fourth-order valence-electron chi connectivity index (χ4n) is 15.9. The van der Waals surface area contributed by atoms with Crippen molar-refractivity contribution in [1.82, 2.24) is 50.3 Å². The molecule has 3 saturated heterocycles. The quantitative estimate of drug-likeness (QED) is 0.0252. The van der Waals surface area contributed by atoms with Crippen LogP contribution in [0.1, 0.15) is 126 Å². The number of benzene rings is 4. The maximum Gasteiger partial charge on any atom is 0.338 e. The van der Waals surface area contributed by atoms with Crippen LogP contribution in [0.5, 0.6) is 0 Å². The number of nitrogens with zero attached hydrogens (tertiary/aromatic N) is 9. The van der Waals surface area contributed by atoms with E-state index in [0.29, 0.717) is 22.4 Å². The summed E-state index contributed by atoms with van der Waals surface area (Å²) in [4.78, 5) is 57.6. The maximum absolute atomic E-state index is 15.3. The fraction of sp³-hybridized carbons (Fsp3) is 0.553. The summed E-state index contributed by atoms with van der Waals surface area (Å²) in [6.07, 6.45) is -21.4. The second kappa shape index (κ2) is 35.3. The topological polar surface area (TPSA) is 428 Å². The number of aromatic nitrogens is 9. The Labute approximate surface area is 624 Å². The number of nitrogens with one attached hydrogen (secondary N) is 1. The summed E-state index contributed by atoms with van der Waals surface area (Å²) in [7, 11) is 0. The standard InChI is InChI=1S/C76H92F2N10O21/c1-3-55-63(93)60(88-37-51(82-85-88)44-23-14-25-48(78)30-44)65(95)74(104-55)105-56-34-46(32-52(62(56)92)86-36-50(81-83-86)43-22-13-24-47(77)29-43)71(98)79-27-15-26-54(90)45-31-53(87-35-49(80-84-87)41-18-9-5-10-19-41)68(109-75-67(97)66(96)61(91)39(2)102-75)57(33-45)106-76-70(108-73(101)42-20-11-6-12-21-42)69(64(94)59(38-89)107-76)103-58(72(99)100)28-40-16-7-4-8-17-40/h5-6,9-14,18-25,29-30,35-37,39-40,45-46,52-53,55-70,74-76,89,91-97H,3-4,7-8,15-17,26-28,31-34,38H2,1-2H3,(H,79,98)(H,99,100)/t39?,45?,46-,52?,53+,55?,56+,57+,58-,59-,60+,61+,62?,63-,64-,65?,66-,67?,68?,69?,70?,74-,75-,76+/m0/s1. The van der Waals surface area contributed by atoms with E-state index < -0.39 is 183 Å². The highest BCUT2D eigenvalue weighted by Crippen LogP contribution is 2.44. The van der Waals surface area contributed by atoms with Crippen LogP contribution in [0.4, 0.5) is 8.78 Å². The summed E-state index contributed by atoms with van der Waals surface area (Å²) < 4.78 is 84.4. The molecule has 6 heterocycles. The Bertz CT molecular complexity index is 4180. The first-order valence-electron chi connectivity index (χ1n) is 37.2. The Hall–Kier alpha value is -8.36. The van der Waals surface area contributed by atoms with Crippen LogP contribution in [0.3, 0.4) is 0 Å². The largest absolute Gasteiger partial charge is 0.479 e. The number of ether oxygens (including phenoxy) is 8. The number of esters is 1. The number of Topliss-reactive ketones (excluding diaryl/α,β-unsaturated/α-hetero) is 1. The molecule has 13 rings (SSSR count). The van der Waals surface area contributed by atoms with Gasteiger partial charge in [0.25, 0.3) is 0 Å². The van der Waals surface area contributed by atoms with Crippen molar-refractivity contribution in [2.75, 3.05) is 13.2 Å². The van der Waals surface area contributed by atoms with E-state index in [0.717, 1.165) is 32.1 Å². The van der Waals surface area contributed by atoms with Crippen molar-refractivity contribution in [3.8, 4) is 33.8 Å². The summed E-state index contributed by atoms with van der Waals surface area (Å²) >= 11 is 0. The van der Waals surface area contributed by atoms with Gasteiger partial charge in [-0.25, -0.2) is 32.4 Å². The van der Waals surface area contributed by atoms with E-state index in [-0.39, 0.29) is 86.6 Å². The molecule has 586 valence electrons. The Morgan fingerprint density at radius 2 is 1.16 bits per heavy atom. The van der Waals surface area contributed by atoms with Gasteiger partial charge in [-0.1, -0.05) is 127 Å². The Morgan fingerprint density at radius 3 is 1.80 bits per heavy atom. The van der Waals surface area contributed by atoms with Crippen molar-refractivity contribution in [1.29, 1.82) is 0 Å². The van der Waals surface area contributed by atoms with Crippen LogP contribution in [-0.2, 0) is 52.3 Å². The van der Waals surface area contributed by atoms with E-state index in [1.165, 1.54) is 81.9 Å². The second-order valence-corrected chi connectivity index (χ2v) is 29.1. The van der Waals surface area contributed by atoms with Gasteiger partial charge < -0.3 is 89.2 Å². The molecular weight excluding hydrogens is 1430 g/mol. The molecule has 3 aromatic heterocycles. The van der Waals surface area contributed by atoms with E-state index in [2.05, 4.69) is 36.3 Å². The summed E-state index contributed by atoms with van der Waals surface area (Å²) in [5, 5.41) is 132. The van der Waals surface area contributed by atoms with Gasteiger partial charge in [-0.05, 0) is 94.2 Å². The smallest absolute Gasteiger partial charge is 0.338 e. The lowest BCUT2D eigenvalue weighted by Crippen LogP contribution is -2.64. The van der Waals surface area contributed by atoms with Crippen molar-refractivity contribution in [3.05, 3.63) is 145 Å². The number of rotatable bonds is 27. The van der Waals surface area contributed by atoms with Gasteiger partial charge in [0.05, 0.1) is 67.3 Å². The number of carboxylic acids is 1. The Morgan fingerprint density at radius 1 is 0.578 bits per heavy atom. The van der Waals surface area contributed by atoms with Crippen molar-refractivity contribution in [3.63, 3.8) is 0 Å². The third-order valence-corrected chi connectivity index (χ3v) is 21.9. The van der Waals surface area contributed by atoms with Crippen molar-refractivity contribution in [2.45, 2.75) is 232 Å². The molecule has 0 bridgehead atoms. The number of hydrogen-bond acceptors (Lipinski definition) is 26. The molecule has 0 radical (unpaired) electrons. The van der Waals surface area contributed by atoms with E-state index >= 15 is 4.79 Å². The molecule has 0 spiro atoms. The zero-order valence-electron chi connectivity index (χ0n) is 59.9. The summed E-state index contributed by atoms with van der Waals surface area (Å²) in [5.41, 5.74) is 2.32. The number of aliphatic hydroxyl groups excluding tert-OH is 8. The fourth-order valence-corrected chi connectivity index (χ4v) is 15.9. The number of amides is 1. The molecule has 31 nitrogen and oxygen atoms in total. The average molecular weight is 1520 g/mol. The molecule has 24 atom stereocenters. The molecule has 33 heteroatoms. The van der Waals surface area contributed by atoms with Crippen molar-refractivity contribution in [2.24, 2.45) is 17.8 Å². The highest BCUT2D eigenvalue weighted by atomic mass is 19.1. The maximum atomic E-state index is 15.3. The molecular formula is C76H92F2N10O21. The predicted octanol–water partition coefficient (Wildman–Crippen LogP) is 4.36. The number of hydrogen-bond donors (Lipinski definition) is 10. The van der Waals surface area contributed by atoms with Crippen LogP contribution < -0.4 is 5.32 Å². The zero-order valence-corrected chi connectivity index (χ0v) is 59.9. The minimum Gasteiger partial charge on any atom is -0.479 e. The van der Waals surface area contributed by atoms with Crippen LogP contribution >= 0.6 is 0 Å². The minimum absolute atomic E-state index is 0.0329. The Kier molecular flexibility index (Phi) is 25.5. The number of carbonyl (C=O) groups is 4. The SMILES string of the molecule is CCC1O[C@@H](O[C@@H]2C[C@@H](C(=O)NCCCC(=O)C3C[C@@H](n4cc(-c5ccccc5)nn4)C(O[C@@H]4OC(C)[C@@H](O)[C@H](O)C4O)[C@H](O[C@@H]4O[C@@H](CO)[C@H](O)C(O[C@@H](CC5CCCCC5)C(=O)O)C4OC(=O)c4ccccc4)C3)CC(n3cc(-c4cccc(F)c4)nn3)C2O)C(O)[C@H](n2cc(-c3cccc(F)c3)nn2)[C@H]1O. The lowest BCUT2D eigenvalue weighted by molar-refractivity contribution is -0.348. The van der Waals surface area contributed by atoms with Gasteiger partial charge in [0, 0.05) is 41.5 Å². The first kappa shape index (κ1) is 78.8. The van der Waals surface area contributed by atoms with E-state index in [1.54, 1.807) is 67.7 Å². The van der Waals surface area contributed by atoms with Gasteiger partial charge in [0.1, 0.15) is 102 Å². The number of aliphatic carboxylic acids is 1. The highest BCUT2D eigenvalue weighted by molar-refractivity contribution is 5.89. The van der Waals surface area contributed by atoms with Gasteiger partial charge in [-0.15, -0.1) is 15.3 Å². The van der Waals surface area contributed by atoms with Crippen LogP contribution in [0.25, 0.3) is 33.8 Å². The monoisotopic (exact) mass is 1520 g/mol. The molecule has 109 heavy (non-hydrogen) atoms. The number of carbonyl (C=O) groups excluding carboxylic acids is 3. The van der Waals surface area contributed by atoms with Crippen molar-refractivity contribution >= 4 is 23.6 Å².